The highest BCUT2D eigenvalue weighted by molar-refractivity contribution is 6.36. The Kier molecular flexibility index (Phi) is 7.69. The smallest absolute Gasteiger partial charge is 0.260 e. The van der Waals surface area contributed by atoms with Crippen LogP contribution < -0.4 is 10.2 Å². The van der Waals surface area contributed by atoms with Crippen LogP contribution in [0.25, 0.3) is 10.8 Å². The van der Waals surface area contributed by atoms with Crippen molar-refractivity contribution in [2.24, 2.45) is 23.7 Å². The maximum absolute atomic E-state index is 15.4. The number of fused-ring (bicyclic) bond motifs is 5. The summed E-state index contributed by atoms with van der Waals surface area (Å²) >= 11 is 12.7. The Morgan fingerprint density at radius 2 is 1.64 bits per heavy atom. The number of ether oxygens (including phenoxy) is 1. The van der Waals surface area contributed by atoms with Gasteiger partial charge in [0.15, 0.2) is 0 Å². The number of nitrogens with zero attached hydrogens (tertiary/aromatic N) is 2. The first-order valence-electron chi connectivity index (χ1n) is 16.6. The molecule has 2 N–H and O–H groups in total. The van der Waals surface area contributed by atoms with E-state index >= 15 is 4.79 Å². The molecular formula is C39H33Cl2N3O6. The van der Waals surface area contributed by atoms with Gasteiger partial charge in [-0.05, 0) is 78.6 Å². The number of rotatable bonds is 6. The zero-order valence-corrected chi connectivity index (χ0v) is 28.7. The summed E-state index contributed by atoms with van der Waals surface area (Å²) in [5.74, 6) is -4.17. The lowest BCUT2D eigenvalue weighted by Gasteiger charge is -2.51. The highest BCUT2D eigenvalue weighted by atomic mass is 35.5. The van der Waals surface area contributed by atoms with Gasteiger partial charge >= 0.3 is 0 Å². The molecule has 2 saturated heterocycles. The minimum Gasteiger partial charge on any atom is -0.507 e. The van der Waals surface area contributed by atoms with E-state index in [-0.39, 0.29) is 35.6 Å². The van der Waals surface area contributed by atoms with Crippen molar-refractivity contribution in [1.82, 2.24) is 9.91 Å². The van der Waals surface area contributed by atoms with E-state index in [1.54, 1.807) is 44.4 Å². The van der Waals surface area contributed by atoms with Crippen LogP contribution in [0.15, 0.2) is 90.5 Å². The second kappa shape index (κ2) is 11.9. The molecule has 4 aliphatic rings. The van der Waals surface area contributed by atoms with E-state index in [2.05, 4.69) is 5.43 Å². The summed E-state index contributed by atoms with van der Waals surface area (Å²) in [5, 5.41) is 13.9. The summed E-state index contributed by atoms with van der Waals surface area (Å²) < 4.78 is 5.48. The van der Waals surface area contributed by atoms with Gasteiger partial charge in [0.2, 0.25) is 11.8 Å². The topological polar surface area (TPSA) is 116 Å². The first kappa shape index (κ1) is 32.4. The molecule has 50 heavy (non-hydrogen) atoms. The second-order valence-electron chi connectivity index (χ2n) is 13.4. The van der Waals surface area contributed by atoms with Gasteiger partial charge in [-0.15, -0.1) is 0 Å². The van der Waals surface area contributed by atoms with E-state index in [0.29, 0.717) is 39.2 Å². The molecular weight excluding hydrogens is 677 g/mol. The summed E-state index contributed by atoms with van der Waals surface area (Å²) in [4.78, 5) is 59.1. The third-order valence-electron chi connectivity index (χ3n) is 11.2. The van der Waals surface area contributed by atoms with Crippen LogP contribution in [-0.4, -0.2) is 52.3 Å². The predicted octanol–water partition coefficient (Wildman–Crippen LogP) is 6.87. The Balaban J connectivity index is 1.41. The molecule has 4 amide bonds. The Morgan fingerprint density at radius 3 is 2.34 bits per heavy atom. The summed E-state index contributed by atoms with van der Waals surface area (Å²) in [6.45, 7) is 2.04. The monoisotopic (exact) mass is 709 g/mol. The molecule has 2 aliphatic carbocycles. The van der Waals surface area contributed by atoms with Gasteiger partial charge in [-0.25, -0.2) is 0 Å². The number of phenolic OH excluding ortho intramolecular Hbond substituents is 1. The first-order valence-corrected chi connectivity index (χ1v) is 17.4. The van der Waals surface area contributed by atoms with Crippen molar-refractivity contribution in [1.29, 1.82) is 0 Å². The Labute approximate surface area is 298 Å². The van der Waals surface area contributed by atoms with Crippen molar-refractivity contribution in [2.45, 2.75) is 31.1 Å². The number of likely N-dealkylation sites (tertiary alicyclic amines) is 1. The maximum atomic E-state index is 15.4. The number of nitrogens with one attached hydrogen (secondary N) is 1. The number of halogens is 2. The molecule has 6 atom stereocenters. The summed E-state index contributed by atoms with van der Waals surface area (Å²) in [7, 11) is 1.56. The number of imide groups is 2. The Hall–Kier alpha value is -4.86. The minimum atomic E-state index is -1.50. The van der Waals surface area contributed by atoms with Gasteiger partial charge in [0.05, 0.1) is 41.0 Å². The van der Waals surface area contributed by atoms with Crippen LogP contribution in [0.5, 0.6) is 11.5 Å². The molecule has 0 radical (unpaired) electrons. The number of amides is 4. The number of methoxy groups -OCH3 is 1. The van der Waals surface area contributed by atoms with Gasteiger partial charge < -0.3 is 9.84 Å². The van der Waals surface area contributed by atoms with Crippen LogP contribution in [0.2, 0.25) is 10.0 Å². The number of phenols is 1. The highest BCUT2D eigenvalue weighted by Crippen LogP contribution is 2.65. The van der Waals surface area contributed by atoms with Crippen LogP contribution in [0.4, 0.5) is 5.69 Å². The molecule has 11 heteroatoms. The predicted molar refractivity (Wildman–Crippen MR) is 189 cm³/mol. The zero-order chi connectivity index (χ0) is 35.1. The lowest BCUT2D eigenvalue weighted by atomic mass is 9.49. The van der Waals surface area contributed by atoms with Crippen molar-refractivity contribution >= 4 is 63.3 Å². The van der Waals surface area contributed by atoms with E-state index in [0.717, 1.165) is 16.1 Å². The average molecular weight is 711 g/mol. The van der Waals surface area contributed by atoms with Gasteiger partial charge in [0.1, 0.15) is 11.5 Å². The average Bonchev–Trinajstić information content (AvgIpc) is 3.50. The normalized spacial score (nSPS) is 27.3. The van der Waals surface area contributed by atoms with E-state index in [9.17, 15) is 19.5 Å². The fourth-order valence-electron chi connectivity index (χ4n) is 9.12. The molecule has 4 aromatic carbocycles. The maximum Gasteiger partial charge on any atom is 0.260 e. The molecule has 1 saturated carbocycles. The molecule has 4 aromatic rings. The van der Waals surface area contributed by atoms with Gasteiger partial charge in [-0.2, -0.15) is 5.01 Å². The van der Waals surface area contributed by atoms with Crippen LogP contribution in [0.3, 0.4) is 0 Å². The number of hydrogen-bond acceptors (Lipinski definition) is 7. The van der Waals surface area contributed by atoms with Gasteiger partial charge in [0, 0.05) is 22.9 Å². The number of aromatic hydroxyl groups is 1. The van der Waals surface area contributed by atoms with Gasteiger partial charge in [0.25, 0.3) is 11.8 Å². The molecule has 9 nitrogen and oxygen atoms in total. The lowest BCUT2D eigenvalue weighted by molar-refractivity contribution is -0.141. The Morgan fingerprint density at radius 1 is 0.900 bits per heavy atom. The molecule has 2 aliphatic heterocycles. The quantitative estimate of drug-likeness (QED) is 0.166. The van der Waals surface area contributed by atoms with E-state index in [1.165, 1.54) is 11.0 Å². The van der Waals surface area contributed by atoms with Crippen LogP contribution >= 0.6 is 23.2 Å². The van der Waals surface area contributed by atoms with E-state index < -0.39 is 46.8 Å². The molecule has 8 rings (SSSR count). The summed E-state index contributed by atoms with van der Waals surface area (Å²) in [5.41, 5.74) is 4.00. The van der Waals surface area contributed by atoms with E-state index in [1.807, 2.05) is 48.5 Å². The molecule has 254 valence electrons. The fourth-order valence-corrected chi connectivity index (χ4v) is 9.57. The lowest BCUT2D eigenvalue weighted by Crippen LogP contribution is -2.53. The van der Waals surface area contributed by atoms with Crippen LogP contribution in [0, 0.1) is 23.7 Å². The molecule has 2 heterocycles. The summed E-state index contributed by atoms with van der Waals surface area (Å²) in [6, 6.07) is 22.7. The standard InChI is InChI=1S/C39H33Cl2N3O6/c1-3-43-35(46)27-14-13-26-28(33(27)37(43)48)19-29-36(47)44(42-31-16-10-21(40)18-30(31)41)38(49)39(29,20-8-11-22(50-2)12-9-20)34(26)25-15-17-32(45)24-7-5-4-6-23(24)25/h4-13,15-18,27-29,33-34,42,45H,3,14,19H2,1-2H3. The molecule has 0 bridgehead atoms. The molecule has 3 fully saturated rings. The van der Waals surface area contributed by atoms with Crippen LogP contribution in [-0.2, 0) is 24.6 Å². The molecule has 0 spiro atoms. The third kappa shape index (κ3) is 4.45. The number of benzene rings is 4. The van der Waals surface area contributed by atoms with E-state index in [4.69, 9.17) is 27.9 Å². The molecule has 0 aromatic heterocycles. The van der Waals surface area contributed by atoms with Crippen LogP contribution in [0.1, 0.15) is 36.8 Å². The number of hydrogen-bond donors (Lipinski definition) is 2. The largest absolute Gasteiger partial charge is 0.507 e. The van der Waals surface area contributed by atoms with Gasteiger partial charge in [-0.1, -0.05) is 77.3 Å². The van der Waals surface area contributed by atoms with Gasteiger partial charge in [-0.3, -0.25) is 29.5 Å². The van der Waals surface area contributed by atoms with Crippen molar-refractivity contribution < 1.29 is 29.0 Å². The second-order valence-corrected chi connectivity index (χ2v) is 14.2. The van der Waals surface area contributed by atoms with Crippen molar-refractivity contribution in [3.8, 4) is 11.5 Å². The number of carbonyl (C=O) groups is 4. The van der Waals surface area contributed by atoms with Crippen molar-refractivity contribution in [3.05, 3.63) is 112 Å². The SMILES string of the molecule is CCN1C(=O)C2CC=C3C(CC4C(=O)N(Nc5ccc(Cl)cc5Cl)C(=O)C4(c4ccc(OC)cc4)C3c3ccc(O)c4ccccc34)C2C1=O. The number of carbonyl (C=O) groups excluding carboxylic acids is 4. The number of hydrazine groups is 1. The fraction of sp³-hybridized carbons (Fsp3) is 0.282. The summed E-state index contributed by atoms with van der Waals surface area (Å²) in [6.07, 6.45) is 2.52. The number of anilines is 1. The number of allylic oxidation sites excluding steroid dienone is 2. The first-order chi connectivity index (χ1) is 24.1. The van der Waals surface area contributed by atoms with Crippen molar-refractivity contribution in [2.75, 3.05) is 19.1 Å². The zero-order valence-electron chi connectivity index (χ0n) is 27.2. The minimum absolute atomic E-state index is 0.0779. The van der Waals surface area contributed by atoms with Crippen molar-refractivity contribution in [3.63, 3.8) is 0 Å². The Bertz CT molecular complexity index is 2150. The third-order valence-corrected chi connectivity index (χ3v) is 11.8. The highest BCUT2D eigenvalue weighted by Gasteiger charge is 2.70. The molecule has 6 unspecified atom stereocenters.